The van der Waals surface area contributed by atoms with Gasteiger partial charge >= 0.3 is 5.97 Å². The van der Waals surface area contributed by atoms with Crippen LogP contribution in [-0.2, 0) is 4.79 Å². The van der Waals surface area contributed by atoms with E-state index in [1.54, 1.807) is 0 Å². The summed E-state index contributed by atoms with van der Waals surface area (Å²) in [4.78, 5) is 12.9. The number of carbonyl (C=O) groups is 1. The van der Waals surface area contributed by atoms with Gasteiger partial charge in [-0.3, -0.25) is 9.69 Å². The summed E-state index contributed by atoms with van der Waals surface area (Å²) in [6, 6.07) is 0.462. The van der Waals surface area contributed by atoms with Gasteiger partial charge in [0.1, 0.15) is 0 Å². The predicted octanol–water partition coefficient (Wildman–Crippen LogP) is 1.92. The minimum absolute atomic E-state index is 0.191. The van der Waals surface area contributed by atoms with E-state index in [1.807, 2.05) is 11.8 Å². The summed E-state index contributed by atoms with van der Waals surface area (Å²) in [5, 5.41) is 9.55. The number of thioether (sulfide) groups is 1. The minimum Gasteiger partial charge on any atom is -0.480 e. The molecule has 1 aliphatic heterocycles. The fraction of sp³-hybridized carbons (Fsp3) is 0.909. The average molecular weight is 231 g/mol. The number of nitrogens with zero attached hydrogens (tertiary/aromatic N) is 1. The van der Waals surface area contributed by atoms with E-state index >= 15 is 0 Å². The summed E-state index contributed by atoms with van der Waals surface area (Å²) in [6.07, 6.45) is 1.13. The minimum atomic E-state index is -0.708. The van der Waals surface area contributed by atoms with E-state index in [1.165, 1.54) is 0 Å². The number of aliphatic carboxylic acids is 1. The smallest absolute Gasteiger partial charge is 0.317 e. The van der Waals surface area contributed by atoms with Gasteiger partial charge in [-0.05, 0) is 12.3 Å². The molecule has 1 heterocycles. The molecule has 1 aliphatic rings. The molecule has 15 heavy (non-hydrogen) atoms. The first kappa shape index (κ1) is 12.8. The Kier molecular flexibility index (Phi) is 4.93. The molecule has 0 saturated carbocycles. The van der Waals surface area contributed by atoms with Gasteiger partial charge in [-0.15, -0.1) is 0 Å². The topological polar surface area (TPSA) is 40.5 Å². The Labute approximate surface area is 96.2 Å². The molecule has 1 rings (SSSR count). The lowest BCUT2D eigenvalue weighted by Crippen LogP contribution is -2.41. The lowest BCUT2D eigenvalue weighted by Gasteiger charge is -2.28. The van der Waals surface area contributed by atoms with Gasteiger partial charge in [-0.1, -0.05) is 20.8 Å². The van der Waals surface area contributed by atoms with Crippen molar-refractivity contribution >= 4 is 17.7 Å². The molecule has 0 spiro atoms. The van der Waals surface area contributed by atoms with Gasteiger partial charge < -0.3 is 5.11 Å². The molecule has 4 heteroatoms. The Morgan fingerprint density at radius 1 is 1.60 bits per heavy atom. The summed E-state index contributed by atoms with van der Waals surface area (Å²) in [7, 11) is 0. The molecule has 0 aromatic carbocycles. The van der Waals surface area contributed by atoms with E-state index in [9.17, 15) is 4.79 Å². The molecule has 0 bridgehead atoms. The van der Waals surface area contributed by atoms with Crippen LogP contribution < -0.4 is 0 Å². The summed E-state index contributed by atoms with van der Waals surface area (Å²) in [6.45, 7) is 7.58. The van der Waals surface area contributed by atoms with Crippen molar-refractivity contribution in [2.24, 2.45) is 5.92 Å². The van der Waals surface area contributed by atoms with Crippen LogP contribution in [-0.4, -0.2) is 46.1 Å². The first-order chi connectivity index (χ1) is 6.99. The van der Waals surface area contributed by atoms with Crippen molar-refractivity contribution in [3.8, 4) is 0 Å². The maximum absolute atomic E-state index is 10.8. The maximum atomic E-state index is 10.8. The van der Waals surface area contributed by atoms with E-state index in [-0.39, 0.29) is 6.54 Å². The molecule has 0 aromatic heterocycles. The fourth-order valence-corrected chi connectivity index (χ4v) is 3.29. The van der Waals surface area contributed by atoms with Gasteiger partial charge in [0.2, 0.25) is 0 Å². The molecule has 2 atom stereocenters. The zero-order valence-corrected chi connectivity index (χ0v) is 10.6. The second-order valence-electron chi connectivity index (χ2n) is 4.75. The van der Waals surface area contributed by atoms with Gasteiger partial charge in [0.15, 0.2) is 0 Å². The molecule has 1 N–H and O–H groups in total. The van der Waals surface area contributed by atoms with Gasteiger partial charge in [-0.2, -0.15) is 11.8 Å². The number of hydrogen-bond donors (Lipinski definition) is 1. The molecule has 0 radical (unpaired) electrons. The lowest BCUT2D eigenvalue weighted by molar-refractivity contribution is -0.139. The quantitative estimate of drug-likeness (QED) is 0.785. The summed E-state index contributed by atoms with van der Waals surface area (Å²) in [5.41, 5.74) is 0. The zero-order valence-electron chi connectivity index (χ0n) is 9.77. The Bertz CT molecular complexity index is 221. The molecule has 1 fully saturated rings. The third-order valence-electron chi connectivity index (χ3n) is 2.63. The number of rotatable bonds is 5. The van der Waals surface area contributed by atoms with Crippen molar-refractivity contribution in [2.75, 3.05) is 18.8 Å². The van der Waals surface area contributed by atoms with Gasteiger partial charge in [0, 0.05) is 23.6 Å². The molecular weight excluding hydrogens is 210 g/mol. The highest BCUT2D eigenvalue weighted by molar-refractivity contribution is 8.00. The first-order valence-electron chi connectivity index (χ1n) is 5.56. The first-order valence-corrected chi connectivity index (χ1v) is 6.61. The van der Waals surface area contributed by atoms with E-state index in [0.717, 1.165) is 18.7 Å². The third-order valence-corrected chi connectivity index (χ3v) is 3.97. The molecule has 88 valence electrons. The third kappa shape index (κ3) is 4.43. The molecule has 0 aliphatic carbocycles. The predicted molar refractivity (Wildman–Crippen MR) is 64.4 cm³/mol. The van der Waals surface area contributed by atoms with Crippen LogP contribution in [0.3, 0.4) is 0 Å². The van der Waals surface area contributed by atoms with Crippen molar-refractivity contribution in [1.29, 1.82) is 0 Å². The Morgan fingerprint density at radius 2 is 2.27 bits per heavy atom. The fourth-order valence-electron chi connectivity index (χ4n) is 2.03. The SMILES string of the molecule is CC(C)CN(CC(=O)O)C1CSC(C)C1. The molecular formula is C11H21NO2S. The van der Waals surface area contributed by atoms with Gasteiger partial charge in [0.25, 0.3) is 0 Å². The highest BCUT2D eigenvalue weighted by atomic mass is 32.2. The van der Waals surface area contributed by atoms with E-state index < -0.39 is 5.97 Å². The van der Waals surface area contributed by atoms with Crippen LogP contribution in [0.5, 0.6) is 0 Å². The van der Waals surface area contributed by atoms with Crippen LogP contribution in [0, 0.1) is 5.92 Å². The van der Waals surface area contributed by atoms with E-state index in [0.29, 0.717) is 17.2 Å². The summed E-state index contributed by atoms with van der Waals surface area (Å²) >= 11 is 1.95. The van der Waals surface area contributed by atoms with Crippen molar-refractivity contribution in [2.45, 2.75) is 38.5 Å². The van der Waals surface area contributed by atoms with Crippen molar-refractivity contribution in [1.82, 2.24) is 4.90 Å². The largest absolute Gasteiger partial charge is 0.480 e. The summed E-state index contributed by atoms with van der Waals surface area (Å²) in [5.74, 6) is 0.909. The van der Waals surface area contributed by atoms with Crippen molar-refractivity contribution in [3.63, 3.8) is 0 Å². The Balaban J connectivity index is 2.51. The Hall–Kier alpha value is -0.220. The monoisotopic (exact) mass is 231 g/mol. The highest BCUT2D eigenvalue weighted by Crippen LogP contribution is 2.29. The normalized spacial score (nSPS) is 26.5. The summed E-state index contributed by atoms with van der Waals surface area (Å²) < 4.78 is 0. The second-order valence-corrected chi connectivity index (χ2v) is 6.22. The van der Waals surface area contributed by atoms with Crippen molar-refractivity contribution in [3.05, 3.63) is 0 Å². The van der Waals surface area contributed by atoms with Crippen LogP contribution in [0.1, 0.15) is 27.2 Å². The number of hydrogen-bond acceptors (Lipinski definition) is 3. The van der Waals surface area contributed by atoms with E-state index in [4.69, 9.17) is 5.11 Å². The molecule has 0 aromatic rings. The average Bonchev–Trinajstić information content (AvgIpc) is 2.48. The van der Waals surface area contributed by atoms with E-state index in [2.05, 4.69) is 25.7 Å². The zero-order chi connectivity index (χ0) is 11.4. The second kappa shape index (κ2) is 5.75. The van der Waals surface area contributed by atoms with Crippen LogP contribution in [0.2, 0.25) is 0 Å². The van der Waals surface area contributed by atoms with Crippen LogP contribution in [0.25, 0.3) is 0 Å². The molecule has 1 saturated heterocycles. The van der Waals surface area contributed by atoms with Crippen LogP contribution in [0.4, 0.5) is 0 Å². The molecule has 3 nitrogen and oxygen atoms in total. The van der Waals surface area contributed by atoms with Crippen molar-refractivity contribution < 1.29 is 9.90 Å². The van der Waals surface area contributed by atoms with Gasteiger partial charge in [0.05, 0.1) is 6.54 Å². The number of carboxylic acid groups (broad SMARTS) is 1. The lowest BCUT2D eigenvalue weighted by atomic mass is 10.1. The van der Waals surface area contributed by atoms with Gasteiger partial charge in [-0.25, -0.2) is 0 Å². The molecule has 2 unspecified atom stereocenters. The standard InChI is InChI=1S/C11H21NO2S/c1-8(2)5-12(6-11(13)14)10-4-9(3)15-7-10/h8-10H,4-7H2,1-3H3,(H,13,14). The molecule has 0 amide bonds. The van der Waals surface area contributed by atoms with Crippen LogP contribution in [0.15, 0.2) is 0 Å². The number of carboxylic acids is 1. The van der Waals surface area contributed by atoms with Crippen LogP contribution >= 0.6 is 11.8 Å². The maximum Gasteiger partial charge on any atom is 0.317 e. The highest BCUT2D eigenvalue weighted by Gasteiger charge is 2.28. The Morgan fingerprint density at radius 3 is 2.67 bits per heavy atom.